The molecule has 1 fully saturated rings. The Balaban J connectivity index is 0.00000208. The van der Waals surface area contributed by atoms with Crippen LogP contribution in [0.25, 0.3) is 0 Å². The quantitative estimate of drug-likeness (QED) is 0.821. The Hall–Kier alpha value is -1.52. The van der Waals surface area contributed by atoms with E-state index in [9.17, 15) is 4.79 Å². The van der Waals surface area contributed by atoms with Crippen LogP contribution in [0.3, 0.4) is 0 Å². The molecule has 132 valence electrons. The van der Waals surface area contributed by atoms with Crippen molar-refractivity contribution >= 4 is 18.5 Å². The van der Waals surface area contributed by atoms with E-state index >= 15 is 0 Å². The summed E-state index contributed by atoms with van der Waals surface area (Å²) in [5, 5.41) is 9.14. The first-order valence-corrected chi connectivity index (χ1v) is 8.58. The van der Waals surface area contributed by atoms with E-state index in [0.717, 1.165) is 32.4 Å². The average Bonchev–Trinajstić information content (AvgIpc) is 2.53. The van der Waals surface area contributed by atoms with Gasteiger partial charge >= 0.3 is 6.09 Å². The van der Waals surface area contributed by atoms with Gasteiger partial charge in [0.2, 0.25) is 0 Å². The number of nitrogens with zero attached hydrogens (tertiary/aromatic N) is 2. The predicted molar refractivity (Wildman–Crippen MR) is 98.9 cm³/mol. The van der Waals surface area contributed by atoms with Crippen molar-refractivity contribution < 1.29 is 9.90 Å². The van der Waals surface area contributed by atoms with E-state index in [1.165, 1.54) is 23.3 Å². The Kier molecular flexibility index (Phi) is 6.69. The summed E-state index contributed by atoms with van der Waals surface area (Å²) in [6, 6.07) is 11.3. The molecule has 5 heteroatoms. The van der Waals surface area contributed by atoms with Gasteiger partial charge in [-0.25, -0.2) is 4.79 Å². The Morgan fingerprint density at radius 2 is 1.92 bits per heavy atom. The van der Waals surface area contributed by atoms with Crippen LogP contribution in [-0.4, -0.2) is 53.2 Å². The van der Waals surface area contributed by atoms with Crippen molar-refractivity contribution in [1.29, 1.82) is 0 Å². The molecule has 1 saturated heterocycles. The number of amides is 1. The summed E-state index contributed by atoms with van der Waals surface area (Å²) in [5.74, 6) is 0. The van der Waals surface area contributed by atoms with Crippen molar-refractivity contribution in [3.05, 3.63) is 47.5 Å². The van der Waals surface area contributed by atoms with Gasteiger partial charge in [-0.05, 0) is 37.7 Å². The highest BCUT2D eigenvalue weighted by Gasteiger charge is 2.31. The number of hydrogen-bond donors (Lipinski definition) is 1. The fourth-order valence-corrected chi connectivity index (χ4v) is 3.69. The monoisotopic (exact) mass is 350 g/mol. The highest BCUT2D eigenvalue weighted by Crippen LogP contribution is 2.30. The highest BCUT2D eigenvalue weighted by atomic mass is 35.5. The van der Waals surface area contributed by atoms with Gasteiger partial charge in [-0.2, -0.15) is 0 Å². The molecule has 0 saturated carbocycles. The molecule has 3 rings (SSSR count). The van der Waals surface area contributed by atoms with Crippen molar-refractivity contribution in [3.63, 3.8) is 0 Å². The molecular formula is C19H27ClN2O2. The molecule has 1 aromatic carbocycles. The van der Waals surface area contributed by atoms with Crippen LogP contribution in [-0.2, 0) is 6.42 Å². The van der Waals surface area contributed by atoms with Crippen molar-refractivity contribution in [1.82, 2.24) is 9.80 Å². The number of benzene rings is 1. The van der Waals surface area contributed by atoms with Gasteiger partial charge in [0, 0.05) is 32.2 Å². The molecule has 1 aliphatic carbocycles. The lowest BCUT2D eigenvalue weighted by Crippen LogP contribution is -2.49. The second-order valence-electron chi connectivity index (χ2n) is 6.68. The van der Waals surface area contributed by atoms with Gasteiger partial charge in [0.05, 0.1) is 0 Å². The number of allylic oxidation sites excluding steroid dienone is 1. The van der Waals surface area contributed by atoms with Gasteiger partial charge in [0.15, 0.2) is 0 Å². The van der Waals surface area contributed by atoms with Crippen LogP contribution in [0.5, 0.6) is 0 Å². The second-order valence-corrected chi connectivity index (χ2v) is 6.68. The lowest BCUT2D eigenvalue weighted by molar-refractivity contribution is 0.0928. The number of rotatable bonds is 5. The van der Waals surface area contributed by atoms with Crippen LogP contribution in [0, 0.1) is 0 Å². The zero-order chi connectivity index (χ0) is 16.2. The fraction of sp³-hybridized carbons (Fsp3) is 0.526. The lowest BCUT2D eigenvalue weighted by atomic mass is 9.86. The van der Waals surface area contributed by atoms with Crippen LogP contribution in [0.2, 0.25) is 0 Å². The second kappa shape index (κ2) is 8.54. The number of piperidine rings is 1. The summed E-state index contributed by atoms with van der Waals surface area (Å²) in [6.45, 7) is 1.97. The minimum Gasteiger partial charge on any atom is -0.465 e. The molecule has 1 unspecified atom stereocenters. The molecule has 1 amide bonds. The van der Waals surface area contributed by atoms with Crippen molar-refractivity contribution in [3.8, 4) is 0 Å². The van der Waals surface area contributed by atoms with Crippen molar-refractivity contribution in [2.45, 2.75) is 44.2 Å². The minimum absolute atomic E-state index is 0. The van der Waals surface area contributed by atoms with E-state index in [1.807, 2.05) is 0 Å². The molecule has 2 aliphatic rings. The van der Waals surface area contributed by atoms with E-state index < -0.39 is 6.09 Å². The molecule has 1 atom stereocenters. The summed E-state index contributed by atoms with van der Waals surface area (Å²) in [7, 11) is 1.69. The maximum atomic E-state index is 11.1. The van der Waals surface area contributed by atoms with E-state index in [-0.39, 0.29) is 18.4 Å². The normalized spacial score (nSPS) is 19.6. The van der Waals surface area contributed by atoms with Crippen LogP contribution >= 0.6 is 12.4 Å². The summed E-state index contributed by atoms with van der Waals surface area (Å²) in [6.07, 6.45) is 6.91. The number of carboxylic acid groups (broad SMARTS) is 1. The Morgan fingerprint density at radius 1 is 1.29 bits per heavy atom. The lowest BCUT2D eigenvalue weighted by Gasteiger charge is -2.42. The van der Waals surface area contributed by atoms with Crippen LogP contribution in [0.15, 0.2) is 42.0 Å². The minimum atomic E-state index is -0.814. The SMILES string of the molecule is CN(C(=O)O)C1CCN(C(Cc2ccccc2)C2=CCC2)CC1.Cl. The Morgan fingerprint density at radius 3 is 2.42 bits per heavy atom. The van der Waals surface area contributed by atoms with Gasteiger partial charge in [0.25, 0.3) is 0 Å². The molecule has 1 heterocycles. The maximum absolute atomic E-state index is 11.1. The average molecular weight is 351 g/mol. The van der Waals surface area contributed by atoms with E-state index in [2.05, 4.69) is 41.3 Å². The standard InChI is InChI=1S/C19H26N2O2.ClH/c1-20(19(22)23)17-10-12-21(13-11-17)18(16-8-5-9-16)14-15-6-3-2-4-7-15;/h2-4,6-8,17-18H,5,9-14H2,1H3,(H,22,23);1H. The Labute approximate surface area is 150 Å². The molecule has 1 aliphatic heterocycles. The topological polar surface area (TPSA) is 43.8 Å². The maximum Gasteiger partial charge on any atom is 0.407 e. The van der Waals surface area contributed by atoms with Gasteiger partial charge in [-0.1, -0.05) is 42.0 Å². The zero-order valence-corrected chi connectivity index (χ0v) is 15.0. The van der Waals surface area contributed by atoms with E-state index in [0.29, 0.717) is 6.04 Å². The third-order valence-electron chi connectivity index (χ3n) is 5.33. The van der Waals surface area contributed by atoms with Gasteiger partial charge in [0.1, 0.15) is 0 Å². The van der Waals surface area contributed by atoms with E-state index in [1.54, 1.807) is 12.6 Å². The molecule has 0 bridgehead atoms. The van der Waals surface area contributed by atoms with Crippen molar-refractivity contribution in [2.75, 3.05) is 20.1 Å². The first-order valence-electron chi connectivity index (χ1n) is 8.58. The molecule has 4 nitrogen and oxygen atoms in total. The summed E-state index contributed by atoms with van der Waals surface area (Å²) in [4.78, 5) is 15.2. The summed E-state index contributed by atoms with van der Waals surface area (Å²) < 4.78 is 0. The number of likely N-dealkylation sites (tertiary alicyclic amines) is 1. The number of hydrogen-bond acceptors (Lipinski definition) is 2. The molecular weight excluding hydrogens is 324 g/mol. The molecule has 24 heavy (non-hydrogen) atoms. The third kappa shape index (κ3) is 4.31. The molecule has 1 N–H and O–H groups in total. The van der Waals surface area contributed by atoms with Crippen molar-refractivity contribution in [2.24, 2.45) is 0 Å². The smallest absolute Gasteiger partial charge is 0.407 e. The van der Waals surface area contributed by atoms with Crippen LogP contribution < -0.4 is 0 Å². The zero-order valence-electron chi connectivity index (χ0n) is 14.2. The first-order chi connectivity index (χ1) is 11.1. The number of halogens is 1. The Bertz CT molecular complexity index is 568. The van der Waals surface area contributed by atoms with Gasteiger partial charge in [-0.3, -0.25) is 4.90 Å². The molecule has 1 aromatic rings. The summed E-state index contributed by atoms with van der Waals surface area (Å²) >= 11 is 0. The van der Waals surface area contributed by atoms with E-state index in [4.69, 9.17) is 5.11 Å². The fourth-order valence-electron chi connectivity index (χ4n) is 3.69. The molecule has 0 aromatic heterocycles. The largest absolute Gasteiger partial charge is 0.465 e. The highest BCUT2D eigenvalue weighted by molar-refractivity contribution is 5.85. The summed E-state index contributed by atoms with van der Waals surface area (Å²) in [5.41, 5.74) is 2.95. The molecule has 0 radical (unpaired) electrons. The third-order valence-corrected chi connectivity index (χ3v) is 5.33. The van der Waals surface area contributed by atoms with Gasteiger partial charge in [-0.15, -0.1) is 12.4 Å². The van der Waals surface area contributed by atoms with Crippen LogP contribution in [0.4, 0.5) is 4.79 Å². The predicted octanol–water partition coefficient (Wildman–Crippen LogP) is 3.81. The first kappa shape index (κ1) is 18.8. The number of carbonyl (C=O) groups is 1. The molecule has 0 spiro atoms. The van der Waals surface area contributed by atoms with Crippen LogP contribution in [0.1, 0.15) is 31.2 Å². The van der Waals surface area contributed by atoms with Gasteiger partial charge < -0.3 is 10.0 Å².